The summed E-state index contributed by atoms with van der Waals surface area (Å²) in [6, 6.07) is 57.1. The van der Waals surface area contributed by atoms with E-state index in [4.69, 9.17) is 4.42 Å². The molecule has 0 bridgehead atoms. The molecule has 0 N–H and O–H groups in total. The number of para-hydroxylation sites is 2. The lowest BCUT2D eigenvalue weighted by Gasteiger charge is -2.28. The Morgan fingerprint density at radius 3 is 2.00 bits per heavy atom. The van der Waals surface area contributed by atoms with Crippen LogP contribution in [0.3, 0.4) is 0 Å². The molecule has 1 aliphatic carbocycles. The van der Waals surface area contributed by atoms with Crippen LogP contribution in [-0.2, 0) is 5.41 Å². The van der Waals surface area contributed by atoms with E-state index in [2.05, 4.69) is 170 Å². The van der Waals surface area contributed by atoms with E-state index in [0.717, 1.165) is 39.0 Å². The second kappa shape index (κ2) is 9.93. The molecule has 9 aromatic rings. The van der Waals surface area contributed by atoms with Crippen molar-refractivity contribution in [3.8, 4) is 11.1 Å². The standard InChI is InChI=1S/C44H29NOS/c1-44(37-18-8-5-14-31(37)32-15-6-9-19-38(32)44)28-22-25-40-36(26-28)35-17-11-20-39(43(35)46-40)45(29-12-3-2-4-13-29)30-23-24-34-33-16-7-10-21-41(33)47-42(34)27-30/h2-27H,1H3. The third-order valence-corrected chi connectivity index (χ3v) is 11.3. The van der Waals surface area contributed by atoms with Crippen molar-refractivity contribution in [1.82, 2.24) is 0 Å². The largest absolute Gasteiger partial charge is 0.454 e. The molecule has 0 fully saturated rings. The van der Waals surface area contributed by atoms with Gasteiger partial charge in [-0.2, -0.15) is 0 Å². The first-order chi connectivity index (χ1) is 23.2. The number of hydrogen-bond donors (Lipinski definition) is 0. The number of rotatable bonds is 4. The highest BCUT2D eigenvalue weighted by molar-refractivity contribution is 7.25. The van der Waals surface area contributed by atoms with E-state index >= 15 is 0 Å². The number of benzene rings is 7. The molecule has 10 rings (SSSR count). The molecular formula is C44H29NOS. The minimum Gasteiger partial charge on any atom is -0.454 e. The van der Waals surface area contributed by atoms with Crippen LogP contribution in [0.25, 0.3) is 53.2 Å². The van der Waals surface area contributed by atoms with Crippen LogP contribution in [0.2, 0.25) is 0 Å². The van der Waals surface area contributed by atoms with Gasteiger partial charge in [0, 0.05) is 47.7 Å². The number of nitrogens with zero attached hydrogens (tertiary/aromatic N) is 1. The third kappa shape index (κ3) is 3.78. The molecule has 0 spiro atoms. The van der Waals surface area contributed by atoms with Crippen molar-refractivity contribution in [2.75, 3.05) is 4.90 Å². The minimum atomic E-state index is -0.266. The Kier molecular flexibility index (Phi) is 5.61. The number of thiophene rings is 1. The summed E-state index contributed by atoms with van der Waals surface area (Å²) in [5.41, 5.74) is 11.3. The lowest BCUT2D eigenvalue weighted by Crippen LogP contribution is -2.22. The lowest BCUT2D eigenvalue weighted by atomic mass is 9.74. The van der Waals surface area contributed by atoms with E-state index < -0.39 is 0 Å². The van der Waals surface area contributed by atoms with Gasteiger partial charge >= 0.3 is 0 Å². The highest BCUT2D eigenvalue weighted by atomic mass is 32.1. The van der Waals surface area contributed by atoms with Gasteiger partial charge in [0.15, 0.2) is 5.58 Å². The summed E-state index contributed by atoms with van der Waals surface area (Å²) in [5, 5.41) is 4.85. The molecule has 7 aromatic carbocycles. The predicted molar refractivity (Wildman–Crippen MR) is 199 cm³/mol. The SMILES string of the molecule is CC1(c2ccc3oc4c(N(c5ccccc5)c5ccc6c(c5)sc5ccccc56)cccc4c3c2)c2ccccc2-c2ccccc21. The lowest BCUT2D eigenvalue weighted by molar-refractivity contribution is 0.667. The molecule has 0 aliphatic heterocycles. The van der Waals surface area contributed by atoms with E-state index in [0.29, 0.717) is 0 Å². The molecular weight excluding hydrogens is 591 g/mol. The van der Waals surface area contributed by atoms with Crippen molar-refractivity contribution in [3.63, 3.8) is 0 Å². The van der Waals surface area contributed by atoms with Crippen LogP contribution >= 0.6 is 11.3 Å². The summed E-state index contributed by atoms with van der Waals surface area (Å²) in [4.78, 5) is 2.33. The molecule has 0 unspecified atom stereocenters. The monoisotopic (exact) mass is 619 g/mol. The summed E-state index contributed by atoms with van der Waals surface area (Å²) in [6.07, 6.45) is 0. The molecule has 2 nitrogen and oxygen atoms in total. The van der Waals surface area contributed by atoms with E-state index in [1.807, 2.05) is 11.3 Å². The number of furan rings is 1. The molecule has 47 heavy (non-hydrogen) atoms. The van der Waals surface area contributed by atoms with Crippen molar-refractivity contribution in [2.24, 2.45) is 0 Å². The molecule has 0 saturated carbocycles. The smallest absolute Gasteiger partial charge is 0.159 e. The van der Waals surface area contributed by atoms with E-state index in [9.17, 15) is 0 Å². The van der Waals surface area contributed by atoms with Crippen LogP contribution < -0.4 is 4.90 Å². The molecule has 0 radical (unpaired) electrons. The van der Waals surface area contributed by atoms with Gasteiger partial charge in [0.1, 0.15) is 5.58 Å². The predicted octanol–water partition coefficient (Wildman–Crippen LogP) is 12.8. The molecule has 2 aromatic heterocycles. The van der Waals surface area contributed by atoms with Crippen molar-refractivity contribution in [3.05, 3.63) is 174 Å². The molecule has 0 saturated heterocycles. The zero-order chi connectivity index (χ0) is 31.1. The van der Waals surface area contributed by atoms with E-state index in [1.165, 1.54) is 48.0 Å². The Bertz CT molecular complexity index is 2620. The van der Waals surface area contributed by atoms with Gasteiger partial charge in [-0.3, -0.25) is 0 Å². The van der Waals surface area contributed by atoms with Gasteiger partial charge in [-0.25, -0.2) is 0 Å². The van der Waals surface area contributed by atoms with Gasteiger partial charge in [-0.1, -0.05) is 109 Å². The summed E-state index contributed by atoms with van der Waals surface area (Å²) in [7, 11) is 0. The fraction of sp³-hybridized carbons (Fsp3) is 0.0455. The van der Waals surface area contributed by atoms with E-state index in [1.54, 1.807) is 0 Å². The van der Waals surface area contributed by atoms with Gasteiger partial charge in [0.25, 0.3) is 0 Å². The van der Waals surface area contributed by atoms with Crippen LogP contribution in [0.1, 0.15) is 23.6 Å². The van der Waals surface area contributed by atoms with Gasteiger partial charge in [-0.15, -0.1) is 11.3 Å². The zero-order valence-electron chi connectivity index (χ0n) is 25.8. The highest BCUT2D eigenvalue weighted by Crippen LogP contribution is 2.53. The van der Waals surface area contributed by atoms with Crippen LogP contribution in [0, 0.1) is 0 Å². The van der Waals surface area contributed by atoms with E-state index in [-0.39, 0.29) is 5.41 Å². The normalized spacial score (nSPS) is 13.4. The summed E-state index contributed by atoms with van der Waals surface area (Å²) in [5.74, 6) is 0. The van der Waals surface area contributed by atoms with Gasteiger partial charge in [0.2, 0.25) is 0 Å². The third-order valence-electron chi connectivity index (χ3n) is 10.2. The molecule has 0 atom stereocenters. The van der Waals surface area contributed by atoms with Crippen molar-refractivity contribution in [1.29, 1.82) is 0 Å². The van der Waals surface area contributed by atoms with Gasteiger partial charge in [-0.05, 0) is 83.3 Å². The maximum Gasteiger partial charge on any atom is 0.159 e. The number of hydrogen-bond acceptors (Lipinski definition) is 3. The Hall–Kier alpha value is -5.64. The molecule has 0 amide bonds. The van der Waals surface area contributed by atoms with Crippen molar-refractivity contribution in [2.45, 2.75) is 12.3 Å². The Balaban J connectivity index is 1.18. The molecule has 2 heterocycles. The number of fused-ring (bicyclic) bond motifs is 9. The quantitative estimate of drug-likeness (QED) is 0.195. The first-order valence-corrected chi connectivity index (χ1v) is 16.9. The molecule has 1 aliphatic rings. The first-order valence-electron chi connectivity index (χ1n) is 16.1. The van der Waals surface area contributed by atoms with Crippen LogP contribution in [-0.4, -0.2) is 0 Å². The average molecular weight is 620 g/mol. The van der Waals surface area contributed by atoms with Crippen LogP contribution in [0.15, 0.2) is 162 Å². The fourth-order valence-electron chi connectivity index (χ4n) is 7.89. The second-order valence-electron chi connectivity index (χ2n) is 12.6. The average Bonchev–Trinajstić information content (AvgIpc) is 3.78. The van der Waals surface area contributed by atoms with Crippen LogP contribution in [0.4, 0.5) is 17.1 Å². The Labute approximate surface area is 276 Å². The summed E-state index contributed by atoms with van der Waals surface area (Å²) in [6.45, 7) is 2.37. The Morgan fingerprint density at radius 2 is 1.19 bits per heavy atom. The second-order valence-corrected chi connectivity index (χ2v) is 13.7. The summed E-state index contributed by atoms with van der Waals surface area (Å²) < 4.78 is 9.38. The maximum atomic E-state index is 6.79. The highest BCUT2D eigenvalue weighted by Gasteiger charge is 2.40. The van der Waals surface area contributed by atoms with Crippen LogP contribution in [0.5, 0.6) is 0 Å². The topological polar surface area (TPSA) is 16.4 Å². The van der Waals surface area contributed by atoms with Gasteiger partial charge < -0.3 is 9.32 Å². The fourth-order valence-corrected chi connectivity index (χ4v) is 9.03. The first kappa shape index (κ1) is 26.6. The number of anilines is 3. The Morgan fingerprint density at radius 1 is 0.511 bits per heavy atom. The van der Waals surface area contributed by atoms with Crippen molar-refractivity contribution >= 4 is 70.5 Å². The van der Waals surface area contributed by atoms with Crippen molar-refractivity contribution < 1.29 is 4.42 Å². The molecule has 222 valence electrons. The minimum absolute atomic E-state index is 0.266. The summed E-state index contributed by atoms with van der Waals surface area (Å²) >= 11 is 1.84. The maximum absolute atomic E-state index is 6.79. The van der Waals surface area contributed by atoms with Gasteiger partial charge in [0.05, 0.1) is 5.69 Å². The molecule has 3 heteroatoms. The zero-order valence-corrected chi connectivity index (χ0v) is 26.6.